The van der Waals surface area contributed by atoms with Gasteiger partial charge in [0, 0.05) is 19.3 Å². The van der Waals surface area contributed by atoms with E-state index in [0.29, 0.717) is 19.3 Å². The van der Waals surface area contributed by atoms with Gasteiger partial charge >= 0.3 is 17.9 Å². The maximum Gasteiger partial charge on any atom is 0.306 e. The summed E-state index contributed by atoms with van der Waals surface area (Å²) in [6.45, 7) is 6.45. The maximum absolute atomic E-state index is 12.8. The minimum Gasteiger partial charge on any atom is -0.462 e. The quantitative estimate of drug-likeness (QED) is 0.0262. The normalized spacial score (nSPS) is 12.8. The van der Waals surface area contributed by atoms with Crippen LogP contribution in [-0.2, 0) is 28.6 Å². The second-order valence-corrected chi connectivity index (χ2v) is 18.8. The molecule has 6 heteroatoms. The van der Waals surface area contributed by atoms with E-state index in [2.05, 4.69) is 118 Å². The van der Waals surface area contributed by atoms with Gasteiger partial charge in [-0.1, -0.05) is 240 Å². The molecular weight excluding hydrogens is 853 g/mol. The van der Waals surface area contributed by atoms with Crippen molar-refractivity contribution in [2.24, 2.45) is 0 Å². The lowest BCUT2D eigenvalue weighted by Crippen LogP contribution is -2.30. The zero-order chi connectivity index (χ0) is 50.0. The van der Waals surface area contributed by atoms with E-state index in [1.54, 1.807) is 0 Å². The third-order valence-corrected chi connectivity index (χ3v) is 12.1. The van der Waals surface area contributed by atoms with Gasteiger partial charge < -0.3 is 14.2 Å². The highest BCUT2D eigenvalue weighted by atomic mass is 16.6. The van der Waals surface area contributed by atoms with Crippen molar-refractivity contribution in [3.8, 4) is 0 Å². The average Bonchev–Trinajstić information content (AvgIpc) is 3.35. The summed E-state index contributed by atoms with van der Waals surface area (Å²) in [4.78, 5) is 38.1. The zero-order valence-corrected chi connectivity index (χ0v) is 45.0. The number of hydrogen-bond acceptors (Lipinski definition) is 6. The van der Waals surface area contributed by atoms with Gasteiger partial charge in [-0.2, -0.15) is 0 Å². The number of rotatable bonds is 51. The highest BCUT2D eigenvalue weighted by Crippen LogP contribution is 2.15. The van der Waals surface area contributed by atoms with Crippen LogP contribution in [0.2, 0.25) is 0 Å². The van der Waals surface area contributed by atoms with Gasteiger partial charge in [0.1, 0.15) is 13.2 Å². The van der Waals surface area contributed by atoms with E-state index < -0.39 is 6.10 Å². The van der Waals surface area contributed by atoms with Crippen molar-refractivity contribution >= 4 is 17.9 Å². The summed E-state index contributed by atoms with van der Waals surface area (Å²) < 4.78 is 16.8. The monoisotopic (exact) mass is 959 g/mol. The molecule has 0 N–H and O–H groups in total. The summed E-state index contributed by atoms with van der Waals surface area (Å²) in [7, 11) is 0. The summed E-state index contributed by atoms with van der Waals surface area (Å²) in [6.07, 6.45) is 75.4. The number of carbonyl (C=O) groups is 3. The van der Waals surface area contributed by atoms with Crippen molar-refractivity contribution in [3.05, 3.63) is 97.2 Å². The predicted octanol–water partition coefficient (Wildman–Crippen LogP) is 19.3. The topological polar surface area (TPSA) is 78.9 Å². The molecule has 0 rings (SSSR count). The summed E-state index contributed by atoms with van der Waals surface area (Å²) in [6, 6.07) is 0. The summed E-state index contributed by atoms with van der Waals surface area (Å²) in [5, 5.41) is 0. The average molecular weight is 960 g/mol. The summed E-state index contributed by atoms with van der Waals surface area (Å²) in [5.41, 5.74) is 0. The molecule has 0 spiro atoms. The van der Waals surface area contributed by atoms with Crippen LogP contribution in [0.3, 0.4) is 0 Å². The largest absolute Gasteiger partial charge is 0.462 e. The van der Waals surface area contributed by atoms with Crippen molar-refractivity contribution in [2.75, 3.05) is 13.2 Å². The van der Waals surface area contributed by atoms with E-state index >= 15 is 0 Å². The Labute approximate surface area is 426 Å². The van der Waals surface area contributed by atoms with E-state index in [1.165, 1.54) is 116 Å². The number of hydrogen-bond donors (Lipinski definition) is 0. The molecule has 0 aliphatic heterocycles. The Kier molecular flexibility index (Phi) is 53.9. The van der Waals surface area contributed by atoms with E-state index in [4.69, 9.17) is 14.2 Å². The Morgan fingerprint density at radius 3 is 0.942 bits per heavy atom. The Bertz CT molecular complexity index is 1380. The standard InChI is InChI=1S/C63H106O6/c1-4-7-10-13-16-19-22-25-28-30-31-33-36-38-41-44-47-50-53-56-62(65)68-59-60(69-63(66)57-54-51-48-45-42-39-34-27-24-21-18-15-12-9-6-3)58-67-61(64)55-52-49-46-43-40-37-35-32-29-26-23-20-17-14-11-8-5-2/h9,12,16,18-19,21,25,27-28,31,33-34,38,41-42,45,60H,4-8,10-11,13-15,17,20,22-24,26,29-30,32,35-37,39-40,43-44,46-59H2,1-3H3/b12-9-,19-16-,21-18-,28-25-,33-31-,34-27-,41-38-,45-42-/t60-/m0/s1. The van der Waals surface area contributed by atoms with Crippen LogP contribution in [0.25, 0.3) is 0 Å². The zero-order valence-electron chi connectivity index (χ0n) is 45.0. The number of esters is 3. The lowest BCUT2D eigenvalue weighted by molar-refractivity contribution is -0.167. The molecule has 6 nitrogen and oxygen atoms in total. The molecule has 0 fully saturated rings. The molecule has 69 heavy (non-hydrogen) atoms. The molecular formula is C63H106O6. The molecule has 0 aromatic heterocycles. The van der Waals surface area contributed by atoms with Crippen molar-refractivity contribution in [2.45, 2.75) is 271 Å². The van der Waals surface area contributed by atoms with Gasteiger partial charge in [0.05, 0.1) is 0 Å². The Morgan fingerprint density at radius 1 is 0.304 bits per heavy atom. The number of carbonyl (C=O) groups excluding carboxylic acids is 3. The Balaban J connectivity index is 4.48. The molecule has 0 saturated carbocycles. The van der Waals surface area contributed by atoms with Crippen molar-refractivity contribution < 1.29 is 28.6 Å². The van der Waals surface area contributed by atoms with E-state index in [0.717, 1.165) is 103 Å². The second kappa shape index (κ2) is 56.9. The fourth-order valence-corrected chi connectivity index (χ4v) is 7.77. The molecule has 0 aliphatic carbocycles. The maximum atomic E-state index is 12.8. The van der Waals surface area contributed by atoms with Gasteiger partial charge in [0.15, 0.2) is 6.10 Å². The molecule has 0 aromatic rings. The smallest absolute Gasteiger partial charge is 0.306 e. The van der Waals surface area contributed by atoms with Gasteiger partial charge in [0.2, 0.25) is 0 Å². The third kappa shape index (κ3) is 55.1. The van der Waals surface area contributed by atoms with Gasteiger partial charge in [-0.3, -0.25) is 14.4 Å². The highest BCUT2D eigenvalue weighted by molar-refractivity contribution is 5.71. The molecule has 0 unspecified atom stereocenters. The third-order valence-electron chi connectivity index (χ3n) is 12.1. The van der Waals surface area contributed by atoms with Crippen LogP contribution in [0.5, 0.6) is 0 Å². The number of allylic oxidation sites excluding steroid dienone is 16. The van der Waals surface area contributed by atoms with Crippen LogP contribution < -0.4 is 0 Å². The van der Waals surface area contributed by atoms with Crippen LogP contribution >= 0.6 is 0 Å². The molecule has 0 aromatic carbocycles. The molecule has 1 atom stereocenters. The SMILES string of the molecule is CC/C=C\C/C=C\C/C=C\C/C=C\CCCCC(=O)O[C@H](COC(=O)CCCCC/C=C\C/C=C\C/C=C\C/C=C\CCCCC)COC(=O)CCCCCCCCCCCCCCCCCCC. The lowest BCUT2D eigenvalue weighted by Gasteiger charge is -2.18. The minimum atomic E-state index is -0.812. The molecule has 0 amide bonds. The van der Waals surface area contributed by atoms with E-state index in [-0.39, 0.29) is 37.5 Å². The molecule has 394 valence electrons. The fraction of sp³-hybridized carbons (Fsp3) is 0.698. The number of ether oxygens (including phenoxy) is 3. The molecule has 0 saturated heterocycles. The van der Waals surface area contributed by atoms with E-state index in [9.17, 15) is 14.4 Å². The predicted molar refractivity (Wildman–Crippen MR) is 297 cm³/mol. The van der Waals surface area contributed by atoms with Crippen LogP contribution in [0.1, 0.15) is 265 Å². The Hall–Kier alpha value is -3.67. The van der Waals surface area contributed by atoms with Gasteiger partial charge in [-0.25, -0.2) is 0 Å². The van der Waals surface area contributed by atoms with Crippen LogP contribution in [-0.4, -0.2) is 37.2 Å². The first-order valence-corrected chi connectivity index (χ1v) is 28.7. The van der Waals surface area contributed by atoms with Crippen LogP contribution in [0.4, 0.5) is 0 Å². The van der Waals surface area contributed by atoms with Crippen molar-refractivity contribution in [1.82, 2.24) is 0 Å². The first-order valence-electron chi connectivity index (χ1n) is 28.7. The lowest BCUT2D eigenvalue weighted by atomic mass is 10.0. The molecule has 0 radical (unpaired) electrons. The van der Waals surface area contributed by atoms with Gasteiger partial charge in [-0.15, -0.1) is 0 Å². The molecule has 0 heterocycles. The fourth-order valence-electron chi connectivity index (χ4n) is 7.77. The first-order chi connectivity index (χ1) is 34.0. The molecule has 0 bridgehead atoms. The second-order valence-electron chi connectivity index (χ2n) is 18.8. The number of unbranched alkanes of at least 4 members (excludes halogenated alkanes) is 24. The van der Waals surface area contributed by atoms with Gasteiger partial charge in [-0.05, 0) is 103 Å². The van der Waals surface area contributed by atoms with Gasteiger partial charge in [0.25, 0.3) is 0 Å². The highest BCUT2D eigenvalue weighted by Gasteiger charge is 2.19. The van der Waals surface area contributed by atoms with Crippen LogP contribution in [0, 0.1) is 0 Å². The minimum absolute atomic E-state index is 0.103. The van der Waals surface area contributed by atoms with Crippen LogP contribution in [0.15, 0.2) is 97.2 Å². The Morgan fingerprint density at radius 2 is 0.565 bits per heavy atom. The summed E-state index contributed by atoms with van der Waals surface area (Å²) in [5.74, 6) is -0.973. The summed E-state index contributed by atoms with van der Waals surface area (Å²) >= 11 is 0. The molecule has 0 aliphatic rings. The van der Waals surface area contributed by atoms with Crippen molar-refractivity contribution in [3.63, 3.8) is 0 Å². The van der Waals surface area contributed by atoms with E-state index in [1.807, 2.05) is 0 Å². The van der Waals surface area contributed by atoms with Crippen molar-refractivity contribution in [1.29, 1.82) is 0 Å². The first kappa shape index (κ1) is 65.3.